The molecule has 1 aromatic heterocycles. The second kappa shape index (κ2) is 10.4. The van der Waals surface area contributed by atoms with Crippen molar-refractivity contribution in [3.05, 3.63) is 42.2 Å². The molecule has 8 heteroatoms. The van der Waals surface area contributed by atoms with Crippen LogP contribution in [0.5, 0.6) is 11.5 Å². The van der Waals surface area contributed by atoms with Crippen LogP contribution in [0.3, 0.4) is 0 Å². The molecule has 2 aromatic carbocycles. The first-order valence-corrected chi connectivity index (χ1v) is 11.9. The molecule has 1 aliphatic rings. The summed E-state index contributed by atoms with van der Waals surface area (Å²) in [4.78, 5) is 9.37. The van der Waals surface area contributed by atoms with E-state index in [2.05, 4.69) is 17.2 Å². The van der Waals surface area contributed by atoms with E-state index in [1.807, 2.05) is 23.9 Å². The molecule has 0 spiro atoms. The fraction of sp³-hybridized carbons (Fsp3) is 0.417. The number of thioether (sulfide) groups is 1. The van der Waals surface area contributed by atoms with Crippen molar-refractivity contribution in [3.8, 4) is 22.9 Å². The van der Waals surface area contributed by atoms with Gasteiger partial charge in [0.05, 0.1) is 31.9 Å². The first-order valence-electron chi connectivity index (χ1n) is 10.7. The first kappa shape index (κ1) is 22.6. The molecule has 0 aliphatic carbocycles. The quantitative estimate of drug-likeness (QED) is 0.445. The van der Waals surface area contributed by atoms with Crippen LogP contribution in [0.2, 0.25) is 0 Å². The average Bonchev–Trinajstić information content (AvgIpc) is 3.22. The Bertz CT molecular complexity index is 1080. The number of methoxy groups -OCH3 is 2. The number of anilines is 1. The van der Waals surface area contributed by atoms with Crippen LogP contribution in [0.4, 0.5) is 10.2 Å². The third kappa shape index (κ3) is 5.24. The maximum absolute atomic E-state index is 13.8. The van der Waals surface area contributed by atoms with E-state index < -0.39 is 0 Å². The number of rotatable bonds is 9. The molecule has 1 N–H and O–H groups in total. The van der Waals surface area contributed by atoms with E-state index in [0.717, 1.165) is 36.3 Å². The van der Waals surface area contributed by atoms with Crippen LogP contribution in [-0.4, -0.2) is 54.4 Å². The van der Waals surface area contributed by atoms with Gasteiger partial charge in [-0.05, 0) is 38.0 Å². The van der Waals surface area contributed by atoms with Gasteiger partial charge < -0.3 is 19.5 Å². The zero-order valence-electron chi connectivity index (χ0n) is 18.6. The molecule has 2 atom stereocenters. The minimum atomic E-state index is -0.326. The monoisotopic (exact) mass is 457 g/mol. The third-order valence-corrected chi connectivity index (χ3v) is 6.55. The Morgan fingerprint density at radius 2 is 1.94 bits per heavy atom. The molecule has 1 saturated heterocycles. The normalized spacial score (nSPS) is 18.1. The van der Waals surface area contributed by atoms with E-state index in [0.29, 0.717) is 46.4 Å². The average molecular weight is 458 g/mol. The summed E-state index contributed by atoms with van der Waals surface area (Å²) in [5.41, 5.74) is 1.31. The number of halogens is 1. The van der Waals surface area contributed by atoms with Gasteiger partial charge in [-0.2, -0.15) is 11.8 Å². The number of fused-ring (bicyclic) bond motifs is 1. The minimum absolute atomic E-state index is 0.326. The zero-order chi connectivity index (χ0) is 22.5. The lowest BCUT2D eigenvalue weighted by Gasteiger charge is -2.14. The number of nitrogens with one attached hydrogen (secondary N) is 1. The Morgan fingerprint density at radius 1 is 1.12 bits per heavy atom. The lowest BCUT2D eigenvalue weighted by Crippen LogP contribution is -2.13. The standard InChI is InChI=1S/C24H28FN3O3S/c1-15-7-8-18(31-15)14-32-10-9-26-24-19-12-21(29-2)22(30-3)13-20(19)27-23(28-24)16-5-4-6-17(25)11-16/h4-6,11-13,15,18H,7-10,14H2,1-3H3,(H,26,27,28). The second-order valence-corrected chi connectivity index (χ2v) is 8.93. The molecule has 4 rings (SSSR count). The smallest absolute Gasteiger partial charge is 0.162 e. The summed E-state index contributed by atoms with van der Waals surface area (Å²) in [6.45, 7) is 2.86. The molecule has 2 heterocycles. The number of hydrogen-bond donors (Lipinski definition) is 1. The molecule has 32 heavy (non-hydrogen) atoms. The van der Waals surface area contributed by atoms with Gasteiger partial charge in [-0.15, -0.1) is 0 Å². The van der Waals surface area contributed by atoms with Crippen LogP contribution in [0.15, 0.2) is 36.4 Å². The summed E-state index contributed by atoms with van der Waals surface area (Å²) in [7, 11) is 3.19. The highest BCUT2D eigenvalue weighted by Crippen LogP contribution is 2.35. The predicted octanol–water partition coefficient (Wildman–Crippen LogP) is 5.17. The van der Waals surface area contributed by atoms with Gasteiger partial charge in [0.2, 0.25) is 0 Å². The molecule has 1 aliphatic heterocycles. The van der Waals surface area contributed by atoms with Crippen molar-refractivity contribution >= 4 is 28.5 Å². The Hall–Kier alpha value is -2.58. The van der Waals surface area contributed by atoms with Crippen molar-refractivity contribution in [1.82, 2.24) is 9.97 Å². The molecular formula is C24H28FN3O3S. The first-order chi connectivity index (χ1) is 15.6. The van der Waals surface area contributed by atoms with Crippen molar-refractivity contribution in [2.45, 2.75) is 32.0 Å². The summed E-state index contributed by atoms with van der Waals surface area (Å²) >= 11 is 1.87. The van der Waals surface area contributed by atoms with Crippen molar-refractivity contribution in [1.29, 1.82) is 0 Å². The summed E-state index contributed by atoms with van der Waals surface area (Å²) in [6.07, 6.45) is 3.01. The lowest BCUT2D eigenvalue weighted by molar-refractivity contribution is 0.0700. The van der Waals surface area contributed by atoms with Crippen molar-refractivity contribution in [3.63, 3.8) is 0 Å². The molecule has 0 amide bonds. The number of nitrogens with zero attached hydrogens (tertiary/aromatic N) is 2. The van der Waals surface area contributed by atoms with E-state index in [-0.39, 0.29) is 5.82 Å². The summed E-state index contributed by atoms with van der Waals surface area (Å²) in [5, 5.41) is 4.25. The van der Waals surface area contributed by atoms with Gasteiger partial charge in [0.25, 0.3) is 0 Å². The summed E-state index contributed by atoms with van der Waals surface area (Å²) in [6, 6.07) is 9.98. The molecule has 0 radical (unpaired) electrons. The Balaban J connectivity index is 1.56. The van der Waals surface area contributed by atoms with E-state index >= 15 is 0 Å². The molecule has 170 valence electrons. The Labute approximate surface area is 191 Å². The van der Waals surface area contributed by atoms with E-state index in [1.165, 1.54) is 12.1 Å². The molecule has 1 fully saturated rings. The highest BCUT2D eigenvalue weighted by Gasteiger charge is 2.21. The van der Waals surface area contributed by atoms with Gasteiger partial charge in [-0.3, -0.25) is 0 Å². The maximum Gasteiger partial charge on any atom is 0.162 e. The lowest BCUT2D eigenvalue weighted by atomic mass is 10.1. The zero-order valence-corrected chi connectivity index (χ0v) is 19.4. The van der Waals surface area contributed by atoms with Gasteiger partial charge in [0.15, 0.2) is 17.3 Å². The maximum atomic E-state index is 13.8. The number of hydrogen-bond acceptors (Lipinski definition) is 7. The minimum Gasteiger partial charge on any atom is -0.493 e. The van der Waals surface area contributed by atoms with Crippen LogP contribution < -0.4 is 14.8 Å². The SMILES string of the molecule is COc1cc2nc(-c3cccc(F)c3)nc(NCCSCC3CCC(C)O3)c2cc1OC. The Morgan fingerprint density at radius 3 is 2.66 bits per heavy atom. The van der Waals surface area contributed by atoms with Crippen LogP contribution >= 0.6 is 11.8 Å². The van der Waals surface area contributed by atoms with Crippen molar-refractivity contribution in [2.75, 3.05) is 37.6 Å². The van der Waals surface area contributed by atoms with Crippen LogP contribution in [0, 0.1) is 5.82 Å². The Kier molecular flexibility index (Phi) is 7.32. The third-order valence-electron chi connectivity index (χ3n) is 5.45. The van der Waals surface area contributed by atoms with Crippen LogP contribution in [-0.2, 0) is 4.74 Å². The predicted molar refractivity (Wildman–Crippen MR) is 127 cm³/mol. The van der Waals surface area contributed by atoms with Crippen molar-refractivity contribution < 1.29 is 18.6 Å². The summed E-state index contributed by atoms with van der Waals surface area (Å²) < 4.78 is 30.6. The van der Waals surface area contributed by atoms with Crippen LogP contribution in [0.1, 0.15) is 19.8 Å². The van der Waals surface area contributed by atoms with Crippen molar-refractivity contribution in [2.24, 2.45) is 0 Å². The van der Waals surface area contributed by atoms with Gasteiger partial charge >= 0.3 is 0 Å². The van der Waals surface area contributed by atoms with Gasteiger partial charge in [-0.25, -0.2) is 14.4 Å². The highest BCUT2D eigenvalue weighted by atomic mass is 32.2. The molecule has 2 unspecified atom stereocenters. The molecule has 0 saturated carbocycles. The summed E-state index contributed by atoms with van der Waals surface area (Å²) in [5.74, 6) is 3.91. The molecule has 6 nitrogen and oxygen atoms in total. The second-order valence-electron chi connectivity index (χ2n) is 7.78. The largest absolute Gasteiger partial charge is 0.493 e. The van der Waals surface area contributed by atoms with E-state index in [9.17, 15) is 4.39 Å². The van der Waals surface area contributed by atoms with Gasteiger partial charge in [-0.1, -0.05) is 12.1 Å². The number of aromatic nitrogens is 2. The molecule has 0 bridgehead atoms. The molecule has 3 aromatic rings. The number of ether oxygens (including phenoxy) is 3. The van der Waals surface area contributed by atoms with Gasteiger partial charge in [0, 0.05) is 35.1 Å². The van der Waals surface area contributed by atoms with Crippen LogP contribution in [0.25, 0.3) is 22.3 Å². The fourth-order valence-electron chi connectivity index (χ4n) is 3.81. The topological polar surface area (TPSA) is 65.5 Å². The fourth-order valence-corrected chi connectivity index (χ4v) is 4.73. The highest BCUT2D eigenvalue weighted by molar-refractivity contribution is 7.99. The number of benzene rings is 2. The molecular weight excluding hydrogens is 429 g/mol. The van der Waals surface area contributed by atoms with E-state index in [4.69, 9.17) is 19.2 Å². The van der Waals surface area contributed by atoms with E-state index in [1.54, 1.807) is 26.4 Å². The van der Waals surface area contributed by atoms with Gasteiger partial charge in [0.1, 0.15) is 11.6 Å².